The van der Waals surface area contributed by atoms with Gasteiger partial charge >= 0.3 is 12.1 Å². The molecular weight excluding hydrogens is 508 g/mol. The average molecular weight is 547 g/mol. The standard InChI is InChI=1S/C23H38N4O11/c1-3-5-33-7-9-35-11-12-36-10-8-34-6-4-27(2)23(32)38-20(17(29)15-28)18-13-16(26-22(24)25)14-19(37-18)21(30)31/h1,14,16-18,20,28-29H,4-13,15H2,2H3,(H,30,31)(H4,24,25,26). The van der Waals surface area contributed by atoms with E-state index in [2.05, 4.69) is 10.9 Å². The van der Waals surface area contributed by atoms with Crippen LogP contribution < -0.4 is 11.5 Å². The molecule has 38 heavy (non-hydrogen) atoms. The SMILES string of the molecule is C#CCOCCOCCOCCOCCN(C)C(=O)OC(C(O)CO)C1CC(N=C(N)N)C=C(C(=O)O)O1. The number of ether oxygens (including phenoxy) is 6. The molecule has 0 fully saturated rings. The quantitative estimate of drug-likeness (QED) is 0.0507. The first-order valence-corrected chi connectivity index (χ1v) is 11.8. The second-order valence-electron chi connectivity index (χ2n) is 7.96. The molecule has 0 saturated heterocycles. The molecular formula is C23H38N4O11. The van der Waals surface area contributed by atoms with Crippen LogP contribution in [0.4, 0.5) is 4.79 Å². The van der Waals surface area contributed by atoms with E-state index in [-0.39, 0.29) is 38.7 Å². The maximum atomic E-state index is 12.6. The van der Waals surface area contributed by atoms with Gasteiger partial charge in [0.2, 0.25) is 5.76 Å². The summed E-state index contributed by atoms with van der Waals surface area (Å²) in [5.74, 6) is 0.195. The zero-order valence-electron chi connectivity index (χ0n) is 21.4. The van der Waals surface area contributed by atoms with Gasteiger partial charge < -0.3 is 60.1 Å². The van der Waals surface area contributed by atoms with Crippen LogP contribution in [0, 0.1) is 12.3 Å². The van der Waals surface area contributed by atoms with Crippen molar-refractivity contribution in [2.75, 3.05) is 73.1 Å². The minimum Gasteiger partial charge on any atom is -0.479 e. The molecule has 0 saturated carbocycles. The topological polar surface area (TPSA) is 218 Å². The van der Waals surface area contributed by atoms with E-state index in [1.807, 2.05) is 0 Å². The van der Waals surface area contributed by atoms with Gasteiger partial charge in [-0.3, -0.25) is 0 Å². The number of carboxylic acid groups (broad SMARTS) is 1. The third kappa shape index (κ3) is 13.4. The van der Waals surface area contributed by atoms with Gasteiger partial charge in [0.15, 0.2) is 12.1 Å². The number of likely N-dealkylation sites (N-methyl/N-ethyl adjacent to an activating group) is 1. The molecule has 1 rings (SSSR count). The van der Waals surface area contributed by atoms with Gasteiger partial charge in [0.1, 0.15) is 18.8 Å². The van der Waals surface area contributed by atoms with Crippen molar-refractivity contribution in [3.63, 3.8) is 0 Å². The molecule has 0 aromatic rings. The maximum Gasteiger partial charge on any atom is 0.410 e. The number of guanidine groups is 1. The van der Waals surface area contributed by atoms with Crippen LogP contribution in [0.3, 0.4) is 0 Å². The van der Waals surface area contributed by atoms with Crippen LogP contribution in [0.15, 0.2) is 16.8 Å². The Labute approximate surface area is 221 Å². The largest absolute Gasteiger partial charge is 0.479 e. The van der Waals surface area contributed by atoms with Crippen LogP contribution in [0.2, 0.25) is 0 Å². The molecule has 0 bridgehead atoms. The number of amides is 1. The van der Waals surface area contributed by atoms with Crippen LogP contribution in [-0.2, 0) is 33.2 Å². The van der Waals surface area contributed by atoms with E-state index in [0.29, 0.717) is 33.0 Å². The minimum atomic E-state index is -1.56. The highest BCUT2D eigenvalue weighted by Crippen LogP contribution is 2.26. The van der Waals surface area contributed by atoms with Gasteiger partial charge in [0.05, 0.1) is 58.9 Å². The van der Waals surface area contributed by atoms with Crippen molar-refractivity contribution in [3.05, 3.63) is 11.8 Å². The Morgan fingerprint density at radius 3 is 2.26 bits per heavy atom. The highest BCUT2D eigenvalue weighted by Gasteiger charge is 2.39. The van der Waals surface area contributed by atoms with Gasteiger partial charge in [-0.2, -0.15) is 0 Å². The lowest BCUT2D eigenvalue weighted by Gasteiger charge is -2.34. The number of aliphatic carboxylic acids is 1. The molecule has 1 amide bonds. The van der Waals surface area contributed by atoms with Crippen LogP contribution in [0.5, 0.6) is 0 Å². The second kappa shape index (κ2) is 19.0. The summed E-state index contributed by atoms with van der Waals surface area (Å²) >= 11 is 0. The molecule has 0 aromatic carbocycles. The summed E-state index contributed by atoms with van der Waals surface area (Å²) in [6.45, 7) is 2.01. The number of hydrogen-bond acceptors (Lipinski definition) is 11. The van der Waals surface area contributed by atoms with Gasteiger partial charge in [-0.15, -0.1) is 6.42 Å². The summed E-state index contributed by atoms with van der Waals surface area (Å²) in [6.07, 6.45) is 1.28. The zero-order chi connectivity index (χ0) is 28.3. The fourth-order valence-corrected chi connectivity index (χ4v) is 3.13. The van der Waals surface area contributed by atoms with E-state index in [9.17, 15) is 24.9 Å². The molecule has 1 heterocycles. The number of hydrogen-bond donors (Lipinski definition) is 5. The van der Waals surface area contributed by atoms with Crippen molar-refractivity contribution in [2.24, 2.45) is 16.5 Å². The third-order valence-electron chi connectivity index (χ3n) is 4.98. The molecule has 1 aliphatic rings. The molecule has 0 spiro atoms. The number of aliphatic hydroxyl groups is 2. The van der Waals surface area contributed by atoms with Gasteiger partial charge in [-0.05, 0) is 6.08 Å². The zero-order valence-corrected chi connectivity index (χ0v) is 21.4. The van der Waals surface area contributed by atoms with E-state index >= 15 is 0 Å². The lowest BCUT2D eigenvalue weighted by Crippen LogP contribution is -2.49. The first kappa shape index (κ1) is 32.9. The lowest BCUT2D eigenvalue weighted by atomic mass is 9.98. The maximum absolute atomic E-state index is 12.6. The summed E-state index contributed by atoms with van der Waals surface area (Å²) in [5.41, 5.74) is 10.8. The molecule has 1 aliphatic heterocycles. The molecule has 0 radical (unpaired) electrons. The summed E-state index contributed by atoms with van der Waals surface area (Å²) in [7, 11) is 1.45. The van der Waals surface area contributed by atoms with Crippen molar-refractivity contribution in [2.45, 2.75) is 30.8 Å². The first-order valence-electron chi connectivity index (χ1n) is 11.8. The molecule has 15 heteroatoms. The number of aliphatic hydroxyl groups excluding tert-OH is 2. The number of carboxylic acids is 1. The Morgan fingerprint density at radius 1 is 1.16 bits per heavy atom. The third-order valence-corrected chi connectivity index (χ3v) is 4.98. The van der Waals surface area contributed by atoms with Gasteiger partial charge in [0.25, 0.3) is 0 Å². The van der Waals surface area contributed by atoms with Gasteiger partial charge in [0, 0.05) is 20.0 Å². The predicted molar refractivity (Wildman–Crippen MR) is 133 cm³/mol. The smallest absolute Gasteiger partial charge is 0.410 e. The molecule has 15 nitrogen and oxygen atoms in total. The summed E-state index contributed by atoms with van der Waals surface area (Å²) < 4.78 is 31.9. The summed E-state index contributed by atoms with van der Waals surface area (Å²) in [6, 6.07) is -0.801. The Kier molecular flexibility index (Phi) is 16.5. The second-order valence-corrected chi connectivity index (χ2v) is 7.96. The van der Waals surface area contributed by atoms with Crippen molar-refractivity contribution < 1.29 is 53.3 Å². The first-order chi connectivity index (χ1) is 18.2. The molecule has 4 atom stereocenters. The number of carbonyl (C=O) groups excluding carboxylic acids is 1. The number of rotatable bonds is 19. The van der Waals surface area contributed by atoms with Crippen molar-refractivity contribution >= 4 is 18.0 Å². The Balaban J connectivity index is 2.43. The van der Waals surface area contributed by atoms with E-state index < -0.39 is 48.8 Å². The summed E-state index contributed by atoms with van der Waals surface area (Å²) in [5, 5.41) is 29.0. The molecule has 0 aliphatic carbocycles. The van der Waals surface area contributed by atoms with Crippen molar-refractivity contribution in [1.82, 2.24) is 4.90 Å². The Bertz CT molecular complexity index is 814. The van der Waals surface area contributed by atoms with Crippen molar-refractivity contribution in [3.8, 4) is 12.3 Å². The Hall–Kier alpha value is -3.13. The lowest BCUT2D eigenvalue weighted by molar-refractivity contribution is -0.143. The Morgan fingerprint density at radius 2 is 1.74 bits per heavy atom. The minimum absolute atomic E-state index is 0.0128. The van der Waals surface area contributed by atoms with E-state index in [1.54, 1.807) is 0 Å². The monoisotopic (exact) mass is 546 g/mol. The van der Waals surface area contributed by atoms with Crippen LogP contribution in [0.25, 0.3) is 0 Å². The number of carbonyl (C=O) groups is 2. The van der Waals surface area contributed by atoms with E-state index in [1.165, 1.54) is 18.0 Å². The predicted octanol–water partition coefficient (Wildman–Crippen LogP) is -2.12. The number of terminal acetylenes is 1. The fourth-order valence-electron chi connectivity index (χ4n) is 3.13. The molecule has 4 unspecified atom stereocenters. The van der Waals surface area contributed by atoms with E-state index in [4.69, 9.17) is 46.3 Å². The average Bonchev–Trinajstić information content (AvgIpc) is 2.88. The van der Waals surface area contributed by atoms with Gasteiger partial charge in [-0.25, -0.2) is 14.6 Å². The van der Waals surface area contributed by atoms with E-state index in [0.717, 1.165) is 0 Å². The fraction of sp³-hybridized carbons (Fsp3) is 0.696. The number of nitrogens with two attached hydrogens (primary N) is 2. The van der Waals surface area contributed by atoms with Crippen LogP contribution >= 0.6 is 0 Å². The number of nitrogens with zero attached hydrogens (tertiary/aromatic N) is 2. The highest BCUT2D eigenvalue weighted by molar-refractivity contribution is 5.85. The highest BCUT2D eigenvalue weighted by atomic mass is 16.6. The summed E-state index contributed by atoms with van der Waals surface area (Å²) in [4.78, 5) is 29.1. The normalized spacial score (nSPS) is 18.3. The van der Waals surface area contributed by atoms with Gasteiger partial charge in [-0.1, -0.05) is 5.92 Å². The molecule has 7 N–H and O–H groups in total. The molecule has 216 valence electrons. The van der Waals surface area contributed by atoms with Crippen molar-refractivity contribution in [1.29, 1.82) is 0 Å². The molecule has 0 aromatic heterocycles. The van der Waals surface area contributed by atoms with Crippen LogP contribution in [0.1, 0.15) is 6.42 Å². The number of aliphatic imine (C=N–C) groups is 1. The van der Waals surface area contributed by atoms with Crippen LogP contribution in [-0.4, -0.2) is 136 Å².